The van der Waals surface area contributed by atoms with E-state index in [9.17, 15) is 4.79 Å². The van der Waals surface area contributed by atoms with Crippen LogP contribution in [0.2, 0.25) is 0 Å². The van der Waals surface area contributed by atoms with E-state index >= 15 is 0 Å². The van der Waals surface area contributed by atoms with Gasteiger partial charge in [0.15, 0.2) is 0 Å². The van der Waals surface area contributed by atoms with Crippen molar-refractivity contribution in [3.8, 4) is 0 Å². The van der Waals surface area contributed by atoms with Crippen molar-refractivity contribution in [2.75, 3.05) is 106 Å². The molecular weight excluding hydrogens is 472 g/mol. The van der Waals surface area contributed by atoms with Gasteiger partial charge in [-0.1, -0.05) is 12.2 Å². The summed E-state index contributed by atoms with van der Waals surface area (Å²) < 4.78 is 43.2. The first-order chi connectivity index (χ1) is 17.8. The molecule has 1 atom stereocenters. The van der Waals surface area contributed by atoms with Crippen molar-refractivity contribution in [3.63, 3.8) is 0 Å². The average Bonchev–Trinajstić information content (AvgIpc) is 2.86. The molecule has 0 aliphatic heterocycles. The molecule has 0 bridgehead atoms. The van der Waals surface area contributed by atoms with E-state index in [-0.39, 0.29) is 12.2 Å². The molecule has 11 heteroatoms. The van der Waals surface area contributed by atoms with Crippen LogP contribution in [0.25, 0.3) is 0 Å². The monoisotopic (exact) mass is 520 g/mol. The van der Waals surface area contributed by atoms with Gasteiger partial charge in [0.1, 0.15) is 6.10 Å². The van der Waals surface area contributed by atoms with Gasteiger partial charge in [-0.3, -0.25) is 0 Å². The van der Waals surface area contributed by atoms with Crippen LogP contribution in [0, 0.1) is 0 Å². The summed E-state index contributed by atoms with van der Waals surface area (Å²) in [5.41, 5.74) is 5.32. The number of amides is 1. The van der Waals surface area contributed by atoms with Crippen molar-refractivity contribution < 1.29 is 42.7 Å². The van der Waals surface area contributed by atoms with Crippen LogP contribution >= 0.6 is 0 Å². The largest absolute Gasteiger partial charge is 0.446 e. The van der Waals surface area contributed by atoms with E-state index < -0.39 is 0 Å². The molecule has 1 amide bonds. The molecule has 1 aliphatic rings. The molecular formula is C25H48N2O9. The Bertz CT molecular complexity index is 512. The number of ether oxygens (including phenoxy) is 8. The zero-order chi connectivity index (χ0) is 25.8. The average molecular weight is 521 g/mol. The van der Waals surface area contributed by atoms with Crippen LogP contribution < -0.4 is 11.1 Å². The first kappa shape index (κ1) is 32.7. The molecule has 11 nitrogen and oxygen atoms in total. The molecule has 0 saturated heterocycles. The highest BCUT2D eigenvalue weighted by Crippen LogP contribution is 2.15. The Balaban J connectivity index is 1.71. The van der Waals surface area contributed by atoms with Crippen LogP contribution in [-0.2, 0) is 37.9 Å². The fraction of sp³-hybridized carbons (Fsp3) is 0.880. The highest BCUT2D eigenvalue weighted by molar-refractivity contribution is 5.67. The molecule has 36 heavy (non-hydrogen) atoms. The fourth-order valence-corrected chi connectivity index (χ4v) is 3.17. The standard InChI is InChI=1S/C25H48N2O9/c26-8-10-29-12-14-31-16-18-33-20-22-35-23-21-34-19-17-32-15-13-30-11-9-27-25(28)36-24-6-4-2-1-3-5-7-24/h1-2,24H,3-23,26H2,(H,27,28)/b2-1+/t24-/m0/s1. The maximum Gasteiger partial charge on any atom is 0.407 e. The Labute approximate surface area is 216 Å². The second-order valence-corrected chi connectivity index (χ2v) is 8.01. The maximum atomic E-state index is 11.9. The zero-order valence-corrected chi connectivity index (χ0v) is 21.8. The van der Waals surface area contributed by atoms with Gasteiger partial charge in [-0.15, -0.1) is 0 Å². The predicted octanol–water partition coefficient (Wildman–Crippen LogP) is 1.68. The molecule has 0 spiro atoms. The first-order valence-corrected chi connectivity index (χ1v) is 13.2. The highest BCUT2D eigenvalue weighted by Gasteiger charge is 2.14. The van der Waals surface area contributed by atoms with E-state index in [1.165, 1.54) is 0 Å². The van der Waals surface area contributed by atoms with Gasteiger partial charge in [0.25, 0.3) is 0 Å². The number of hydrogen-bond acceptors (Lipinski definition) is 10. The van der Waals surface area contributed by atoms with Crippen LogP contribution in [-0.4, -0.2) is 118 Å². The topological polar surface area (TPSA) is 129 Å². The minimum absolute atomic E-state index is 0.000862. The number of carbonyl (C=O) groups excluding carboxylic acids is 1. The molecule has 0 unspecified atom stereocenters. The number of allylic oxidation sites excluding steroid dienone is 2. The Hall–Kier alpha value is -1.31. The third-order valence-corrected chi connectivity index (χ3v) is 5.00. The number of nitrogens with two attached hydrogens (primary N) is 1. The van der Waals surface area contributed by atoms with E-state index in [1.807, 2.05) is 0 Å². The Kier molecular flexibility index (Phi) is 24.3. The van der Waals surface area contributed by atoms with Crippen molar-refractivity contribution >= 4 is 6.09 Å². The second-order valence-electron chi connectivity index (χ2n) is 8.01. The van der Waals surface area contributed by atoms with Crippen LogP contribution in [0.4, 0.5) is 4.79 Å². The van der Waals surface area contributed by atoms with E-state index in [0.29, 0.717) is 106 Å². The number of rotatable bonds is 24. The summed E-state index contributed by atoms with van der Waals surface area (Å²) in [4.78, 5) is 11.9. The smallest absolute Gasteiger partial charge is 0.407 e. The molecule has 0 saturated carbocycles. The van der Waals surface area contributed by atoms with Crippen LogP contribution in [0.5, 0.6) is 0 Å². The van der Waals surface area contributed by atoms with E-state index in [4.69, 9.17) is 43.6 Å². The number of alkyl carbamates (subject to hydrolysis) is 1. The van der Waals surface area contributed by atoms with Gasteiger partial charge in [0.05, 0.1) is 92.5 Å². The van der Waals surface area contributed by atoms with Gasteiger partial charge >= 0.3 is 6.09 Å². The maximum absolute atomic E-state index is 11.9. The van der Waals surface area contributed by atoms with E-state index in [2.05, 4.69) is 17.5 Å². The molecule has 0 aromatic carbocycles. The molecule has 1 aliphatic carbocycles. The summed E-state index contributed by atoms with van der Waals surface area (Å²) in [6.45, 7) is 8.04. The van der Waals surface area contributed by atoms with Crippen molar-refractivity contribution in [2.24, 2.45) is 5.73 Å². The van der Waals surface area contributed by atoms with Gasteiger partial charge in [-0.05, 0) is 32.1 Å². The van der Waals surface area contributed by atoms with E-state index in [1.54, 1.807) is 0 Å². The molecule has 0 aromatic rings. The lowest BCUT2D eigenvalue weighted by Crippen LogP contribution is -2.31. The summed E-state index contributed by atoms with van der Waals surface area (Å²) in [5, 5.41) is 2.73. The minimum Gasteiger partial charge on any atom is -0.446 e. The molecule has 212 valence electrons. The van der Waals surface area contributed by atoms with E-state index in [0.717, 1.165) is 32.1 Å². The lowest BCUT2D eigenvalue weighted by molar-refractivity contribution is -0.0201. The Morgan fingerprint density at radius 3 is 1.58 bits per heavy atom. The number of nitrogens with one attached hydrogen (secondary N) is 1. The minimum atomic E-state index is -0.371. The second kappa shape index (κ2) is 26.7. The van der Waals surface area contributed by atoms with Crippen molar-refractivity contribution in [1.82, 2.24) is 5.32 Å². The molecule has 0 fully saturated rings. The number of hydrogen-bond donors (Lipinski definition) is 2. The summed E-state index contributed by atoms with van der Waals surface area (Å²) in [7, 11) is 0. The van der Waals surface area contributed by atoms with Crippen LogP contribution in [0.1, 0.15) is 32.1 Å². The third-order valence-electron chi connectivity index (χ3n) is 5.00. The van der Waals surface area contributed by atoms with Crippen LogP contribution in [0.15, 0.2) is 12.2 Å². The molecule has 0 heterocycles. The zero-order valence-electron chi connectivity index (χ0n) is 21.8. The third kappa shape index (κ3) is 23.1. The molecule has 0 aromatic heterocycles. The summed E-state index contributed by atoms with van der Waals surface area (Å²) >= 11 is 0. The van der Waals surface area contributed by atoms with Gasteiger partial charge in [0.2, 0.25) is 0 Å². The molecule has 3 N–H and O–H groups in total. The first-order valence-electron chi connectivity index (χ1n) is 13.2. The Morgan fingerprint density at radius 2 is 1.08 bits per heavy atom. The Morgan fingerprint density at radius 1 is 0.639 bits per heavy atom. The summed E-state index contributed by atoms with van der Waals surface area (Å²) in [6, 6.07) is 0. The van der Waals surface area contributed by atoms with Crippen LogP contribution in [0.3, 0.4) is 0 Å². The van der Waals surface area contributed by atoms with Crippen molar-refractivity contribution in [3.05, 3.63) is 12.2 Å². The van der Waals surface area contributed by atoms with Gasteiger partial charge in [0, 0.05) is 13.1 Å². The summed E-state index contributed by atoms with van der Waals surface area (Å²) in [5.74, 6) is 0. The predicted molar refractivity (Wildman–Crippen MR) is 135 cm³/mol. The molecule has 1 rings (SSSR count). The van der Waals surface area contributed by atoms with Gasteiger partial charge in [-0.2, -0.15) is 0 Å². The fourth-order valence-electron chi connectivity index (χ4n) is 3.17. The number of carbonyl (C=O) groups is 1. The van der Waals surface area contributed by atoms with Gasteiger partial charge in [-0.25, -0.2) is 4.79 Å². The highest BCUT2D eigenvalue weighted by atomic mass is 16.6. The molecule has 0 radical (unpaired) electrons. The lowest BCUT2D eigenvalue weighted by Gasteiger charge is -2.18. The van der Waals surface area contributed by atoms with Gasteiger partial charge < -0.3 is 48.9 Å². The lowest BCUT2D eigenvalue weighted by atomic mass is 10.0. The summed E-state index contributed by atoms with van der Waals surface area (Å²) in [6.07, 6.45) is 8.85. The van der Waals surface area contributed by atoms with Crippen molar-refractivity contribution in [2.45, 2.75) is 38.2 Å². The SMILES string of the molecule is NCCOCCOCCOCCOCCOCCOCCOCCNC(=O)O[C@H]1CC/C=C/CCC1. The normalized spacial score (nSPS) is 16.9. The van der Waals surface area contributed by atoms with Crippen molar-refractivity contribution in [1.29, 1.82) is 0 Å². The quantitative estimate of drug-likeness (QED) is 0.143.